The van der Waals surface area contributed by atoms with Crippen LogP contribution in [0.1, 0.15) is 11.1 Å². The second-order valence-corrected chi connectivity index (χ2v) is 5.82. The fourth-order valence-electron chi connectivity index (χ4n) is 2.82. The third-order valence-corrected chi connectivity index (χ3v) is 4.11. The number of nitrogens with zero attached hydrogens (tertiary/aromatic N) is 1. The van der Waals surface area contributed by atoms with Crippen LogP contribution in [-0.2, 0) is 6.54 Å². The minimum Gasteiger partial charge on any atom is -0.454 e. The number of aryl methyl sites for hydroxylation is 1. The highest BCUT2D eigenvalue weighted by Gasteiger charge is 2.13. The van der Waals surface area contributed by atoms with Crippen molar-refractivity contribution in [1.82, 2.24) is 10.3 Å². The molecule has 1 aliphatic heterocycles. The van der Waals surface area contributed by atoms with E-state index in [2.05, 4.69) is 15.6 Å². The molecule has 2 N–H and O–H groups in total. The van der Waals surface area contributed by atoms with Crippen LogP contribution >= 0.6 is 0 Å². The van der Waals surface area contributed by atoms with E-state index in [1.54, 1.807) is 6.20 Å². The van der Waals surface area contributed by atoms with Crippen molar-refractivity contribution >= 4 is 22.6 Å². The number of carbonyl (C=O) groups is 1. The van der Waals surface area contributed by atoms with Crippen LogP contribution in [0, 0.1) is 6.92 Å². The van der Waals surface area contributed by atoms with E-state index in [4.69, 9.17) is 9.47 Å². The summed E-state index contributed by atoms with van der Waals surface area (Å²) in [4.78, 5) is 16.6. The number of carbonyl (C=O) groups excluding carboxylic acids is 1. The van der Waals surface area contributed by atoms with E-state index >= 15 is 0 Å². The van der Waals surface area contributed by atoms with Crippen molar-refractivity contribution in [3.05, 3.63) is 59.8 Å². The Morgan fingerprint density at radius 3 is 2.96 bits per heavy atom. The van der Waals surface area contributed by atoms with Crippen LogP contribution in [0.4, 0.5) is 10.5 Å². The molecule has 0 spiro atoms. The summed E-state index contributed by atoms with van der Waals surface area (Å²) in [6, 6.07) is 13.0. The molecule has 0 saturated carbocycles. The Morgan fingerprint density at radius 2 is 2.04 bits per heavy atom. The highest BCUT2D eigenvalue weighted by atomic mass is 16.7. The fourth-order valence-corrected chi connectivity index (χ4v) is 2.82. The quantitative estimate of drug-likeness (QED) is 0.767. The lowest BCUT2D eigenvalue weighted by molar-refractivity contribution is 0.174. The van der Waals surface area contributed by atoms with Crippen LogP contribution in [0.2, 0.25) is 0 Å². The molecule has 25 heavy (non-hydrogen) atoms. The normalized spacial score (nSPS) is 12.2. The van der Waals surface area contributed by atoms with E-state index < -0.39 is 0 Å². The molecule has 4 rings (SSSR count). The minimum absolute atomic E-state index is 0.237. The first-order chi connectivity index (χ1) is 12.2. The molecule has 0 fully saturated rings. The number of anilines is 1. The highest BCUT2D eigenvalue weighted by Crippen LogP contribution is 2.32. The predicted molar refractivity (Wildman–Crippen MR) is 94.9 cm³/mol. The summed E-state index contributed by atoms with van der Waals surface area (Å²) in [5.74, 6) is 1.43. The number of hydrogen-bond donors (Lipinski definition) is 2. The maximum absolute atomic E-state index is 12.2. The van der Waals surface area contributed by atoms with Gasteiger partial charge in [-0.1, -0.05) is 12.1 Å². The summed E-state index contributed by atoms with van der Waals surface area (Å²) in [6.07, 6.45) is 1.75. The van der Waals surface area contributed by atoms with Gasteiger partial charge < -0.3 is 20.1 Å². The summed E-state index contributed by atoms with van der Waals surface area (Å²) in [5, 5.41) is 6.66. The number of urea groups is 1. The number of nitrogens with one attached hydrogen (secondary N) is 2. The summed E-state index contributed by atoms with van der Waals surface area (Å²) in [6.45, 7) is 2.63. The maximum atomic E-state index is 12.2. The predicted octanol–water partition coefficient (Wildman–Crippen LogP) is 3.59. The second kappa shape index (κ2) is 6.32. The monoisotopic (exact) mass is 335 g/mol. The molecule has 2 aromatic carbocycles. The number of pyridine rings is 1. The molecule has 0 unspecified atom stereocenters. The van der Waals surface area contributed by atoms with Crippen molar-refractivity contribution in [3.63, 3.8) is 0 Å². The standard InChI is InChI=1S/C19H17N3O3/c1-12-4-6-15(14-3-2-8-20-18(12)14)22-19(23)21-10-13-5-7-16-17(9-13)25-11-24-16/h2-9H,10-11H2,1H3,(H2,21,22,23). The van der Waals surface area contributed by atoms with E-state index in [1.165, 1.54) is 0 Å². The molecule has 3 aromatic rings. The van der Waals surface area contributed by atoms with Gasteiger partial charge in [-0.3, -0.25) is 4.98 Å². The molecule has 6 nitrogen and oxygen atoms in total. The van der Waals surface area contributed by atoms with Gasteiger partial charge in [-0.2, -0.15) is 0 Å². The molecule has 1 aromatic heterocycles. The van der Waals surface area contributed by atoms with Gasteiger partial charge in [-0.15, -0.1) is 0 Å². The van der Waals surface area contributed by atoms with Crippen molar-refractivity contribution in [2.45, 2.75) is 13.5 Å². The number of amides is 2. The first-order valence-electron chi connectivity index (χ1n) is 7.98. The second-order valence-electron chi connectivity index (χ2n) is 5.82. The number of hydrogen-bond acceptors (Lipinski definition) is 4. The van der Waals surface area contributed by atoms with Crippen LogP contribution in [-0.4, -0.2) is 17.8 Å². The van der Waals surface area contributed by atoms with Gasteiger partial charge in [0.25, 0.3) is 0 Å². The Kier molecular flexibility index (Phi) is 3.85. The number of ether oxygens (including phenoxy) is 2. The zero-order chi connectivity index (χ0) is 17.2. The Balaban J connectivity index is 1.45. The van der Waals surface area contributed by atoms with Crippen LogP contribution < -0.4 is 20.1 Å². The molecule has 0 radical (unpaired) electrons. The fraction of sp³-hybridized carbons (Fsp3) is 0.158. The summed E-state index contributed by atoms with van der Waals surface area (Å²) < 4.78 is 10.6. The average molecular weight is 335 g/mol. The van der Waals surface area contributed by atoms with Gasteiger partial charge in [-0.25, -0.2) is 4.79 Å². The average Bonchev–Trinajstić information content (AvgIpc) is 3.10. The smallest absolute Gasteiger partial charge is 0.319 e. The first kappa shape index (κ1) is 15.3. The summed E-state index contributed by atoms with van der Waals surface area (Å²) in [7, 11) is 0. The van der Waals surface area contributed by atoms with Crippen LogP contribution in [0.25, 0.3) is 10.9 Å². The minimum atomic E-state index is -0.272. The zero-order valence-electron chi connectivity index (χ0n) is 13.7. The highest BCUT2D eigenvalue weighted by molar-refractivity contribution is 6.01. The summed E-state index contributed by atoms with van der Waals surface area (Å²) in [5.41, 5.74) is 3.63. The number of benzene rings is 2. The Morgan fingerprint density at radius 1 is 1.16 bits per heavy atom. The van der Waals surface area contributed by atoms with Crippen molar-refractivity contribution in [1.29, 1.82) is 0 Å². The number of aromatic nitrogens is 1. The molecule has 2 heterocycles. The van der Waals surface area contributed by atoms with Crippen molar-refractivity contribution in [3.8, 4) is 11.5 Å². The lowest BCUT2D eigenvalue weighted by atomic mass is 10.1. The van der Waals surface area contributed by atoms with Gasteiger partial charge in [0, 0.05) is 18.1 Å². The van der Waals surface area contributed by atoms with Gasteiger partial charge in [0.05, 0.1) is 11.2 Å². The zero-order valence-corrected chi connectivity index (χ0v) is 13.7. The van der Waals surface area contributed by atoms with E-state index in [-0.39, 0.29) is 12.8 Å². The van der Waals surface area contributed by atoms with Crippen molar-refractivity contribution in [2.75, 3.05) is 12.1 Å². The molecule has 0 saturated heterocycles. The van der Waals surface area contributed by atoms with Gasteiger partial charge >= 0.3 is 6.03 Å². The molecule has 126 valence electrons. The largest absolute Gasteiger partial charge is 0.454 e. The van der Waals surface area contributed by atoms with Crippen LogP contribution in [0.15, 0.2) is 48.7 Å². The Labute approximate surface area is 144 Å². The SMILES string of the molecule is Cc1ccc(NC(=O)NCc2ccc3c(c2)OCO3)c2cccnc12. The van der Waals surface area contributed by atoms with Crippen molar-refractivity contribution in [2.24, 2.45) is 0 Å². The lowest BCUT2D eigenvalue weighted by Gasteiger charge is -2.11. The third kappa shape index (κ3) is 3.06. The lowest BCUT2D eigenvalue weighted by Crippen LogP contribution is -2.28. The summed E-state index contributed by atoms with van der Waals surface area (Å²) >= 11 is 0. The van der Waals surface area contributed by atoms with Gasteiger partial charge in [0.15, 0.2) is 11.5 Å². The maximum Gasteiger partial charge on any atom is 0.319 e. The van der Waals surface area contributed by atoms with Crippen LogP contribution in [0.5, 0.6) is 11.5 Å². The Bertz CT molecular complexity index is 956. The molecule has 6 heteroatoms. The molecule has 0 atom stereocenters. The van der Waals surface area contributed by atoms with Gasteiger partial charge in [-0.05, 0) is 48.4 Å². The van der Waals surface area contributed by atoms with E-state index in [0.717, 1.165) is 33.5 Å². The third-order valence-electron chi connectivity index (χ3n) is 4.11. The topological polar surface area (TPSA) is 72.5 Å². The van der Waals surface area contributed by atoms with E-state index in [9.17, 15) is 4.79 Å². The molecular formula is C19H17N3O3. The number of rotatable bonds is 3. The van der Waals surface area contributed by atoms with Gasteiger partial charge in [0.2, 0.25) is 6.79 Å². The molecular weight excluding hydrogens is 318 g/mol. The van der Waals surface area contributed by atoms with Crippen LogP contribution in [0.3, 0.4) is 0 Å². The van der Waals surface area contributed by atoms with Crippen molar-refractivity contribution < 1.29 is 14.3 Å². The Hall–Kier alpha value is -3.28. The molecule has 0 bridgehead atoms. The molecule has 0 aliphatic carbocycles. The molecule has 2 amide bonds. The van der Waals surface area contributed by atoms with E-state index in [1.807, 2.05) is 49.4 Å². The van der Waals surface area contributed by atoms with E-state index in [0.29, 0.717) is 12.3 Å². The first-order valence-corrected chi connectivity index (χ1v) is 7.98. The van der Waals surface area contributed by atoms with Gasteiger partial charge in [0.1, 0.15) is 0 Å². The number of fused-ring (bicyclic) bond motifs is 2. The molecule has 1 aliphatic rings.